The van der Waals surface area contributed by atoms with Crippen molar-refractivity contribution in [2.75, 3.05) is 39.4 Å². The number of likely N-dealkylation sites (tertiary alicyclic amines) is 2. The minimum Gasteiger partial charge on any atom is -0.346 e. The zero-order valence-electron chi connectivity index (χ0n) is 15.9. The minimum atomic E-state index is -0.616. The number of carbonyl (C=O) groups is 1. The van der Waals surface area contributed by atoms with Gasteiger partial charge >= 0.3 is 0 Å². The Hall–Kier alpha value is -0.560. The third-order valence-electron chi connectivity index (χ3n) is 5.85. The van der Waals surface area contributed by atoms with Crippen LogP contribution in [0.15, 0.2) is 18.2 Å². The second-order valence-corrected chi connectivity index (χ2v) is 8.57. The first kappa shape index (κ1) is 22.1. The van der Waals surface area contributed by atoms with Gasteiger partial charge in [-0.25, -0.2) is 0 Å². The molecule has 1 unspecified atom stereocenters. The third-order valence-corrected chi connectivity index (χ3v) is 6.59. The topological polar surface area (TPSA) is 42.0 Å². The molecule has 3 saturated heterocycles. The van der Waals surface area contributed by atoms with E-state index in [2.05, 4.69) is 4.90 Å². The predicted molar refractivity (Wildman–Crippen MR) is 112 cm³/mol. The lowest BCUT2D eigenvalue weighted by Crippen LogP contribution is -2.58. The number of hydrogen-bond acceptors (Lipinski definition) is 4. The fourth-order valence-corrected chi connectivity index (χ4v) is 4.73. The number of piperidine rings is 1. The normalized spacial score (nSPS) is 24.5. The number of ether oxygens (including phenoxy) is 2. The molecule has 0 radical (unpaired) electrons. The van der Waals surface area contributed by atoms with Gasteiger partial charge in [0, 0.05) is 19.0 Å². The number of carbonyl (C=O) groups excluding carboxylic acids is 1. The number of halogens is 3. The lowest BCUT2D eigenvalue weighted by Gasteiger charge is -2.45. The molecule has 3 aliphatic rings. The van der Waals surface area contributed by atoms with Crippen LogP contribution < -0.4 is 0 Å². The van der Waals surface area contributed by atoms with E-state index < -0.39 is 5.79 Å². The minimum absolute atomic E-state index is 0. The molecule has 1 aromatic carbocycles. The summed E-state index contributed by atoms with van der Waals surface area (Å²) >= 11 is 12.1. The highest BCUT2D eigenvalue weighted by Gasteiger charge is 2.45. The van der Waals surface area contributed by atoms with Crippen LogP contribution in [0.5, 0.6) is 0 Å². The van der Waals surface area contributed by atoms with Gasteiger partial charge in [0.2, 0.25) is 5.91 Å². The first-order valence-electron chi connectivity index (χ1n) is 9.78. The van der Waals surface area contributed by atoms with Crippen molar-refractivity contribution in [1.82, 2.24) is 9.80 Å². The summed E-state index contributed by atoms with van der Waals surface area (Å²) < 4.78 is 11.8. The van der Waals surface area contributed by atoms with Crippen LogP contribution in [0.2, 0.25) is 10.0 Å². The molecule has 0 aromatic heterocycles. The van der Waals surface area contributed by atoms with Crippen LogP contribution in [-0.4, -0.2) is 66.9 Å². The molecule has 1 amide bonds. The first-order chi connectivity index (χ1) is 13.0. The summed E-state index contributed by atoms with van der Waals surface area (Å²) in [4.78, 5) is 17.7. The molecule has 0 bridgehead atoms. The quantitative estimate of drug-likeness (QED) is 0.701. The maximum atomic E-state index is 13.2. The molecule has 3 aliphatic heterocycles. The van der Waals surface area contributed by atoms with E-state index in [0.717, 1.165) is 38.0 Å². The zero-order valence-corrected chi connectivity index (χ0v) is 18.2. The number of rotatable bonds is 4. The molecule has 5 nitrogen and oxygen atoms in total. The lowest BCUT2D eigenvalue weighted by molar-refractivity contribution is -0.201. The van der Waals surface area contributed by atoms with Gasteiger partial charge in [-0.05, 0) is 50.0 Å². The van der Waals surface area contributed by atoms with Crippen molar-refractivity contribution < 1.29 is 14.3 Å². The number of nitrogens with zero attached hydrogens (tertiary/aromatic N) is 2. The summed E-state index contributed by atoms with van der Waals surface area (Å²) in [5, 5.41) is 0.984. The molecule has 3 heterocycles. The Balaban J connectivity index is 0.00000225. The van der Waals surface area contributed by atoms with Crippen LogP contribution in [0.25, 0.3) is 0 Å². The molecular formula is C20H27Cl3N2O3. The SMILES string of the molecule is Cl.O=C(Cc1ccc(Cl)c(Cl)c1)N1CC2(CCC1CN1CCCC1)OCCO2. The van der Waals surface area contributed by atoms with Crippen LogP contribution in [0.3, 0.4) is 0 Å². The van der Waals surface area contributed by atoms with Crippen molar-refractivity contribution in [3.63, 3.8) is 0 Å². The Morgan fingerprint density at radius 3 is 2.54 bits per heavy atom. The second-order valence-electron chi connectivity index (χ2n) is 7.75. The summed E-state index contributed by atoms with van der Waals surface area (Å²) in [6.07, 6.45) is 4.56. The largest absolute Gasteiger partial charge is 0.346 e. The van der Waals surface area contributed by atoms with Gasteiger partial charge in [-0.1, -0.05) is 29.3 Å². The summed E-state index contributed by atoms with van der Waals surface area (Å²) in [6.45, 7) is 4.90. The van der Waals surface area contributed by atoms with E-state index in [1.54, 1.807) is 12.1 Å². The highest BCUT2D eigenvalue weighted by atomic mass is 35.5. The maximum absolute atomic E-state index is 13.2. The Morgan fingerprint density at radius 1 is 1.14 bits per heavy atom. The monoisotopic (exact) mass is 448 g/mol. The molecule has 4 rings (SSSR count). The van der Waals surface area contributed by atoms with Crippen molar-refractivity contribution >= 4 is 41.5 Å². The predicted octanol–water partition coefficient (Wildman–Crippen LogP) is 3.79. The molecule has 0 N–H and O–H groups in total. The molecule has 1 atom stereocenters. The summed E-state index contributed by atoms with van der Waals surface area (Å²) in [6, 6.07) is 5.59. The van der Waals surface area contributed by atoms with Gasteiger partial charge in [-0.15, -0.1) is 12.4 Å². The van der Waals surface area contributed by atoms with Gasteiger partial charge in [0.05, 0.1) is 36.2 Å². The molecule has 1 aromatic rings. The van der Waals surface area contributed by atoms with Crippen molar-refractivity contribution in [2.24, 2.45) is 0 Å². The molecule has 156 valence electrons. The van der Waals surface area contributed by atoms with E-state index in [1.165, 1.54) is 12.8 Å². The molecular weight excluding hydrogens is 423 g/mol. The van der Waals surface area contributed by atoms with E-state index in [0.29, 0.717) is 36.2 Å². The molecule has 0 aliphatic carbocycles. The van der Waals surface area contributed by atoms with Crippen LogP contribution in [0, 0.1) is 0 Å². The fraction of sp³-hybridized carbons (Fsp3) is 0.650. The van der Waals surface area contributed by atoms with Crippen LogP contribution in [0.4, 0.5) is 0 Å². The fourth-order valence-electron chi connectivity index (χ4n) is 4.41. The summed E-state index contributed by atoms with van der Waals surface area (Å²) in [5.41, 5.74) is 0.877. The van der Waals surface area contributed by atoms with Gasteiger partial charge in [0.15, 0.2) is 5.79 Å². The average molecular weight is 450 g/mol. The highest BCUT2D eigenvalue weighted by Crippen LogP contribution is 2.34. The average Bonchev–Trinajstić information content (AvgIpc) is 3.32. The number of hydrogen-bond donors (Lipinski definition) is 0. The highest BCUT2D eigenvalue weighted by molar-refractivity contribution is 6.42. The van der Waals surface area contributed by atoms with E-state index in [4.69, 9.17) is 32.7 Å². The van der Waals surface area contributed by atoms with E-state index in [1.807, 2.05) is 11.0 Å². The van der Waals surface area contributed by atoms with Gasteiger partial charge in [0.25, 0.3) is 0 Å². The molecule has 0 saturated carbocycles. The zero-order chi connectivity index (χ0) is 18.9. The van der Waals surface area contributed by atoms with Crippen molar-refractivity contribution in [3.8, 4) is 0 Å². The third kappa shape index (κ3) is 4.94. The standard InChI is InChI=1S/C20H26Cl2N2O3.ClH/c21-17-4-3-15(11-18(17)22)12-19(25)24-14-20(26-9-10-27-20)6-5-16(24)13-23-7-1-2-8-23;/h3-4,11,16H,1-2,5-10,12-14H2;1H. The van der Waals surface area contributed by atoms with E-state index in [9.17, 15) is 4.79 Å². The maximum Gasteiger partial charge on any atom is 0.227 e. The van der Waals surface area contributed by atoms with Gasteiger partial charge in [-0.2, -0.15) is 0 Å². The van der Waals surface area contributed by atoms with Gasteiger partial charge < -0.3 is 19.3 Å². The van der Waals surface area contributed by atoms with Crippen molar-refractivity contribution in [2.45, 2.75) is 43.9 Å². The van der Waals surface area contributed by atoms with Crippen LogP contribution >= 0.6 is 35.6 Å². The smallest absolute Gasteiger partial charge is 0.227 e. The number of amides is 1. The van der Waals surface area contributed by atoms with E-state index in [-0.39, 0.29) is 24.4 Å². The summed E-state index contributed by atoms with van der Waals surface area (Å²) in [5.74, 6) is -0.523. The van der Waals surface area contributed by atoms with Gasteiger partial charge in [0.1, 0.15) is 0 Å². The molecule has 8 heteroatoms. The van der Waals surface area contributed by atoms with Gasteiger partial charge in [-0.3, -0.25) is 4.79 Å². The first-order valence-corrected chi connectivity index (χ1v) is 10.5. The lowest BCUT2D eigenvalue weighted by atomic mass is 9.95. The molecule has 3 fully saturated rings. The van der Waals surface area contributed by atoms with Crippen molar-refractivity contribution in [3.05, 3.63) is 33.8 Å². The second kappa shape index (κ2) is 9.50. The Kier molecular flexibility index (Phi) is 7.51. The van der Waals surface area contributed by atoms with Crippen LogP contribution in [0.1, 0.15) is 31.2 Å². The summed E-state index contributed by atoms with van der Waals surface area (Å²) in [7, 11) is 0. The molecule has 28 heavy (non-hydrogen) atoms. The van der Waals surface area contributed by atoms with E-state index >= 15 is 0 Å². The van der Waals surface area contributed by atoms with Crippen molar-refractivity contribution in [1.29, 1.82) is 0 Å². The molecule has 1 spiro atoms. The Morgan fingerprint density at radius 2 is 1.86 bits per heavy atom. The Bertz CT molecular complexity index is 691. The van der Waals surface area contributed by atoms with Crippen LogP contribution in [-0.2, 0) is 20.7 Å². The Labute approximate surface area is 182 Å². The number of benzene rings is 1.